The van der Waals surface area contributed by atoms with Crippen LogP contribution in [0.2, 0.25) is 0 Å². The normalized spacial score (nSPS) is 10.2. The third-order valence-corrected chi connectivity index (χ3v) is 3.69. The number of nitrogen functional groups attached to an aromatic ring is 1. The number of benzene rings is 2. The van der Waals surface area contributed by atoms with Crippen LogP contribution in [0.3, 0.4) is 0 Å². The molecule has 0 saturated heterocycles. The third-order valence-electron chi connectivity index (χ3n) is 3.69. The number of hydrogen-bond acceptors (Lipinski definition) is 5. The Morgan fingerprint density at radius 2 is 1.76 bits per heavy atom. The highest BCUT2D eigenvalue weighted by atomic mass is 19.1. The summed E-state index contributed by atoms with van der Waals surface area (Å²) in [6.45, 7) is 0.357. The second kappa shape index (κ2) is 7.65. The molecule has 2 aromatic carbocycles. The predicted octanol–water partition coefficient (Wildman–Crippen LogP) is 3.06. The molecule has 0 fully saturated rings. The highest BCUT2D eigenvalue weighted by Crippen LogP contribution is 2.31. The number of amides is 1. The van der Waals surface area contributed by atoms with E-state index in [0.29, 0.717) is 17.7 Å². The van der Waals surface area contributed by atoms with Gasteiger partial charge in [-0.3, -0.25) is 0 Å². The number of carbonyl (C=O) groups excluding carboxylic acids is 2. The average Bonchev–Trinajstić information content (AvgIpc) is 2.60. The predicted molar refractivity (Wildman–Crippen MR) is 91.5 cm³/mol. The van der Waals surface area contributed by atoms with Gasteiger partial charge in [-0.05, 0) is 23.3 Å². The van der Waals surface area contributed by atoms with Gasteiger partial charge in [0, 0.05) is 24.8 Å². The summed E-state index contributed by atoms with van der Waals surface area (Å²) in [5, 5.41) is 0. The van der Waals surface area contributed by atoms with Crippen molar-refractivity contribution in [2.45, 2.75) is 6.54 Å². The van der Waals surface area contributed by atoms with Crippen LogP contribution >= 0.6 is 0 Å². The molecule has 1 amide bonds. The van der Waals surface area contributed by atoms with E-state index in [1.807, 2.05) is 0 Å². The van der Waals surface area contributed by atoms with Crippen LogP contribution in [0, 0.1) is 5.82 Å². The van der Waals surface area contributed by atoms with Crippen molar-refractivity contribution in [3.8, 4) is 11.1 Å². The van der Waals surface area contributed by atoms with Gasteiger partial charge in [0.1, 0.15) is 5.82 Å². The molecule has 0 heterocycles. The lowest BCUT2D eigenvalue weighted by Crippen LogP contribution is -2.25. The Bertz CT molecular complexity index is 790. The fourth-order valence-electron chi connectivity index (χ4n) is 2.49. The molecule has 2 aromatic rings. The minimum atomic E-state index is -0.671. The van der Waals surface area contributed by atoms with Crippen LogP contribution in [-0.4, -0.2) is 38.2 Å². The van der Waals surface area contributed by atoms with Crippen LogP contribution in [-0.2, 0) is 16.0 Å². The molecule has 0 spiro atoms. The van der Waals surface area contributed by atoms with Gasteiger partial charge in [0.05, 0.1) is 19.8 Å². The fraction of sp³-hybridized carbons (Fsp3) is 0.222. The van der Waals surface area contributed by atoms with Gasteiger partial charge >= 0.3 is 12.1 Å². The van der Waals surface area contributed by atoms with Gasteiger partial charge in [0.25, 0.3) is 0 Å². The van der Waals surface area contributed by atoms with E-state index in [2.05, 4.69) is 4.74 Å². The Hall–Kier alpha value is -3.09. The summed E-state index contributed by atoms with van der Waals surface area (Å²) >= 11 is 0. The van der Waals surface area contributed by atoms with Gasteiger partial charge in [0.15, 0.2) is 0 Å². The minimum absolute atomic E-state index is 0.0550. The van der Waals surface area contributed by atoms with Crippen molar-refractivity contribution < 1.29 is 23.5 Å². The summed E-state index contributed by atoms with van der Waals surface area (Å²) < 4.78 is 22.9. The maximum Gasteiger partial charge on any atom is 0.409 e. The van der Waals surface area contributed by atoms with E-state index in [1.165, 1.54) is 19.1 Å². The molecule has 7 heteroatoms. The highest BCUT2D eigenvalue weighted by Gasteiger charge is 2.18. The summed E-state index contributed by atoms with van der Waals surface area (Å²) in [7, 11) is 4.15. The molecule has 0 unspecified atom stereocenters. The number of esters is 1. The second-order valence-electron chi connectivity index (χ2n) is 5.43. The van der Waals surface area contributed by atoms with Gasteiger partial charge < -0.3 is 20.1 Å². The molecule has 0 bridgehead atoms. The number of rotatable bonds is 4. The summed E-state index contributed by atoms with van der Waals surface area (Å²) in [6, 6.07) is 9.32. The molecule has 0 saturated carbocycles. The van der Waals surface area contributed by atoms with E-state index >= 15 is 0 Å². The fourth-order valence-corrected chi connectivity index (χ4v) is 2.49. The van der Waals surface area contributed by atoms with E-state index in [4.69, 9.17) is 10.5 Å². The van der Waals surface area contributed by atoms with Crippen LogP contribution in [0.15, 0.2) is 36.4 Å². The maximum absolute atomic E-state index is 13.6. The van der Waals surface area contributed by atoms with Gasteiger partial charge in [-0.2, -0.15) is 0 Å². The lowest BCUT2D eigenvalue weighted by molar-refractivity contribution is 0.0601. The first-order valence-electron chi connectivity index (χ1n) is 7.43. The number of nitrogens with zero attached hydrogens (tertiary/aromatic N) is 1. The van der Waals surface area contributed by atoms with Crippen LogP contribution in [0.1, 0.15) is 15.9 Å². The van der Waals surface area contributed by atoms with Crippen LogP contribution in [0.4, 0.5) is 14.9 Å². The van der Waals surface area contributed by atoms with Crippen molar-refractivity contribution in [2.75, 3.05) is 27.0 Å². The molecule has 0 aromatic heterocycles. The van der Waals surface area contributed by atoms with Gasteiger partial charge in [-0.25, -0.2) is 14.0 Å². The zero-order chi connectivity index (χ0) is 18.6. The molecular weight excluding hydrogens is 327 g/mol. The number of halogens is 1. The van der Waals surface area contributed by atoms with E-state index in [0.717, 1.165) is 17.7 Å². The third kappa shape index (κ3) is 4.06. The first-order valence-corrected chi connectivity index (χ1v) is 7.43. The molecule has 0 aliphatic carbocycles. The van der Waals surface area contributed by atoms with Crippen LogP contribution in [0.5, 0.6) is 0 Å². The van der Waals surface area contributed by atoms with Gasteiger partial charge in [-0.1, -0.05) is 24.3 Å². The van der Waals surface area contributed by atoms with Crippen molar-refractivity contribution in [3.63, 3.8) is 0 Å². The van der Waals surface area contributed by atoms with Crippen molar-refractivity contribution in [3.05, 3.63) is 53.3 Å². The quantitative estimate of drug-likeness (QED) is 0.680. The topological polar surface area (TPSA) is 81.9 Å². The number of ether oxygens (including phenoxy) is 2. The molecule has 2 rings (SSSR count). The number of nitrogens with two attached hydrogens (primary N) is 1. The van der Waals surface area contributed by atoms with E-state index in [1.54, 1.807) is 31.3 Å². The number of carbonyl (C=O) groups is 2. The van der Waals surface area contributed by atoms with Gasteiger partial charge in [0.2, 0.25) is 0 Å². The second-order valence-corrected chi connectivity index (χ2v) is 5.43. The van der Waals surface area contributed by atoms with E-state index < -0.39 is 17.9 Å². The molecular formula is C18H19FN2O4. The monoisotopic (exact) mass is 346 g/mol. The van der Waals surface area contributed by atoms with E-state index in [-0.39, 0.29) is 11.3 Å². The molecule has 0 radical (unpaired) electrons. The Morgan fingerprint density at radius 1 is 1.12 bits per heavy atom. The lowest BCUT2D eigenvalue weighted by atomic mass is 9.96. The molecule has 0 atom stereocenters. The molecule has 2 N–H and O–H groups in total. The Balaban J connectivity index is 2.37. The number of anilines is 1. The van der Waals surface area contributed by atoms with Crippen molar-refractivity contribution in [1.82, 2.24) is 4.90 Å². The van der Waals surface area contributed by atoms with Gasteiger partial charge in [-0.15, -0.1) is 0 Å². The summed E-state index contributed by atoms with van der Waals surface area (Å²) in [4.78, 5) is 24.8. The number of hydrogen-bond donors (Lipinski definition) is 1. The van der Waals surface area contributed by atoms with Crippen molar-refractivity contribution >= 4 is 17.7 Å². The maximum atomic E-state index is 13.6. The lowest BCUT2D eigenvalue weighted by Gasteiger charge is -2.16. The molecule has 6 nitrogen and oxygen atoms in total. The summed E-state index contributed by atoms with van der Waals surface area (Å²) in [5.41, 5.74) is 8.00. The van der Waals surface area contributed by atoms with Crippen molar-refractivity contribution in [1.29, 1.82) is 0 Å². The van der Waals surface area contributed by atoms with E-state index in [9.17, 15) is 14.0 Å². The molecule has 25 heavy (non-hydrogen) atoms. The Labute approximate surface area is 144 Å². The first kappa shape index (κ1) is 18.3. The molecule has 0 aliphatic heterocycles. The Morgan fingerprint density at radius 3 is 2.32 bits per heavy atom. The van der Waals surface area contributed by atoms with Crippen LogP contribution < -0.4 is 5.73 Å². The van der Waals surface area contributed by atoms with Crippen molar-refractivity contribution in [2.24, 2.45) is 0 Å². The minimum Gasteiger partial charge on any atom is -0.465 e. The number of methoxy groups -OCH3 is 2. The largest absolute Gasteiger partial charge is 0.465 e. The zero-order valence-corrected chi connectivity index (χ0v) is 14.2. The summed E-state index contributed by atoms with van der Waals surface area (Å²) in [6.07, 6.45) is -0.445. The summed E-state index contributed by atoms with van der Waals surface area (Å²) in [5.74, 6) is -1.28. The van der Waals surface area contributed by atoms with Crippen LogP contribution in [0.25, 0.3) is 11.1 Å². The molecule has 0 aliphatic rings. The average molecular weight is 346 g/mol. The smallest absolute Gasteiger partial charge is 0.409 e. The first-order chi connectivity index (χ1) is 11.9. The highest BCUT2D eigenvalue weighted by molar-refractivity contribution is 6.00. The standard InChI is InChI=1S/C18H19FN2O4/c1-21(18(23)25-3)10-11-4-6-12(7-5-11)16-14(17(22)24-2)8-13(19)9-15(16)20/h4-9H,10,20H2,1-3H3. The molecule has 132 valence electrons. The SMILES string of the molecule is COC(=O)c1cc(F)cc(N)c1-c1ccc(CN(C)C(=O)OC)cc1. The Kier molecular flexibility index (Phi) is 5.59. The zero-order valence-electron chi connectivity index (χ0n) is 14.2.